The van der Waals surface area contributed by atoms with E-state index in [4.69, 9.17) is 11.6 Å². The standard InChI is InChI=1S/C14H13ClFNOS/c1-14(2,11-4-3-10(16)7-12(11)15)17-13(18)9-5-6-19-8-9/h3-8H,1-2H3,(H,17,18). The summed E-state index contributed by atoms with van der Waals surface area (Å²) in [7, 11) is 0. The smallest absolute Gasteiger partial charge is 0.252 e. The first-order valence-electron chi connectivity index (χ1n) is 5.70. The van der Waals surface area contributed by atoms with E-state index in [1.165, 1.54) is 23.5 Å². The topological polar surface area (TPSA) is 29.1 Å². The Morgan fingerprint density at radius 3 is 2.68 bits per heavy atom. The zero-order chi connectivity index (χ0) is 14.0. The average Bonchev–Trinajstić information content (AvgIpc) is 2.80. The Morgan fingerprint density at radius 2 is 2.11 bits per heavy atom. The van der Waals surface area contributed by atoms with E-state index in [1.807, 2.05) is 19.2 Å². The van der Waals surface area contributed by atoms with Crippen LogP contribution in [0, 0.1) is 5.82 Å². The van der Waals surface area contributed by atoms with Gasteiger partial charge in [0.2, 0.25) is 0 Å². The molecular formula is C14H13ClFNOS. The van der Waals surface area contributed by atoms with E-state index in [0.717, 1.165) is 0 Å². The predicted molar refractivity (Wildman–Crippen MR) is 76.2 cm³/mol. The molecule has 2 nitrogen and oxygen atoms in total. The molecule has 5 heteroatoms. The van der Waals surface area contributed by atoms with Crippen LogP contribution in [-0.4, -0.2) is 5.91 Å². The van der Waals surface area contributed by atoms with Gasteiger partial charge in [-0.2, -0.15) is 11.3 Å². The third-order valence-corrected chi connectivity index (χ3v) is 3.81. The number of amides is 1. The van der Waals surface area contributed by atoms with Crippen LogP contribution < -0.4 is 5.32 Å². The third kappa shape index (κ3) is 3.14. The van der Waals surface area contributed by atoms with Crippen molar-refractivity contribution in [2.75, 3.05) is 0 Å². The van der Waals surface area contributed by atoms with Gasteiger partial charge >= 0.3 is 0 Å². The van der Waals surface area contributed by atoms with Crippen LogP contribution in [0.25, 0.3) is 0 Å². The van der Waals surface area contributed by atoms with Gasteiger partial charge in [0.15, 0.2) is 0 Å². The summed E-state index contributed by atoms with van der Waals surface area (Å²) < 4.78 is 13.1. The number of thiophene rings is 1. The van der Waals surface area contributed by atoms with Crippen molar-refractivity contribution >= 4 is 28.8 Å². The van der Waals surface area contributed by atoms with Gasteiger partial charge in [-0.05, 0) is 43.0 Å². The number of benzene rings is 1. The molecule has 0 aliphatic heterocycles. The highest BCUT2D eigenvalue weighted by atomic mass is 35.5. The van der Waals surface area contributed by atoms with Crippen LogP contribution in [0.5, 0.6) is 0 Å². The van der Waals surface area contributed by atoms with Crippen LogP contribution in [0.1, 0.15) is 29.8 Å². The molecule has 0 unspecified atom stereocenters. The molecule has 1 heterocycles. The maximum Gasteiger partial charge on any atom is 0.252 e. The SMILES string of the molecule is CC(C)(NC(=O)c1ccsc1)c1ccc(F)cc1Cl. The molecule has 1 aromatic carbocycles. The first-order valence-corrected chi connectivity index (χ1v) is 7.02. The van der Waals surface area contributed by atoms with Gasteiger partial charge in [0.25, 0.3) is 5.91 Å². The Labute approximate surface area is 120 Å². The van der Waals surface area contributed by atoms with Gasteiger partial charge in [-0.15, -0.1) is 0 Å². The summed E-state index contributed by atoms with van der Waals surface area (Å²) in [5.41, 5.74) is 0.611. The Morgan fingerprint density at radius 1 is 1.37 bits per heavy atom. The van der Waals surface area contributed by atoms with Crippen LogP contribution in [0.2, 0.25) is 5.02 Å². The number of halogens is 2. The quantitative estimate of drug-likeness (QED) is 0.903. The minimum absolute atomic E-state index is 0.174. The molecular weight excluding hydrogens is 285 g/mol. The second kappa shape index (κ2) is 5.31. The average molecular weight is 298 g/mol. The second-order valence-electron chi connectivity index (χ2n) is 4.72. The Kier molecular flexibility index (Phi) is 3.92. The molecule has 0 radical (unpaired) electrons. The van der Waals surface area contributed by atoms with Crippen molar-refractivity contribution in [3.05, 3.63) is 57.0 Å². The highest BCUT2D eigenvalue weighted by Crippen LogP contribution is 2.28. The molecule has 0 saturated carbocycles. The van der Waals surface area contributed by atoms with E-state index in [9.17, 15) is 9.18 Å². The van der Waals surface area contributed by atoms with Gasteiger partial charge < -0.3 is 5.32 Å². The summed E-state index contributed by atoms with van der Waals surface area (Å²) >= 11 is 7.49. The summed E-state index contributed by atoms with van der Waals surface area (Å²) in [6.07, 6.45) is 0. The van der Waals surface area contributed by atoms with Gasteiger partial charge in [0.1, 0.15) is 5.82 Å². The molecule has 2 aromatic rings. The fourth-order valence-corrected chi connectivity index (χ4v) is 2.85. The molecule has 0 spiro atoms. The van der Waals surface area contributed by atoms with Crippen LogP contribution in [0.3, 0.4) is 0 Å². The third-order valence-electron chi connectivity index (χ3n) is 2.81. The minimum Gasteiger partial charge on any atom is -0.343 e. The van der Waals surface area contributed by atoms with Gasteiger partial charge in [-0.3, -0.25) is 4.79 Å². The number of carbonyl (C=O) groups excluding carboxylic acids is 1. The fourth-order valence-electron chi connectivity index (χ4n) is 1.81. The Hall–Kier alpha value is -1.39. The molecule has 0 fully saturated rings. The highest BCUT2D eigenvalue weighted by Gasteiger charge is 2.26. The molecule has 0 atom stereocenters. The molecule has 0 aliphatic carbocycles. The van der Waals surface area contributed by atoms with Gasteiger partial charge in [0.05, 0.1) is 11.1 Å². The number of nitrogens with one attached hydrogen (secondary N) is 1. The summed E-state index contributed by atoms with van der Waals surface area (Å²) in [6, 6.07) is 5.92. The van der Waals surface area contributed by atoms with E-state index in [2.05, 4.69) is 5.32 Å². The Balaban J connectivity index is 2.25. The largest absolute Gasteiger partial charge is 0.343 e. The molecule has 1 N–H and O–H groups in total. The molecule has 100 valence electrons. The fraction of sp³-hybridized carbons (Fsp3) is 0.214. The minimum atomic E-state index is -0.677. The van der Waals surface area contributed by atoms with Crippen molar-refractivity contribution in [3.8, 4) is 0 Å². The lowest BCUT2D eigenvalue weighted by Crippen LogP contribution is -2.41. The van der Waals surface area contributed by atoms with Gasteiger partial charge in [-0.25, -0.2) is 4.39 Å². The van der Waals surface area contributed by atoms with Crippen molar-refractivity contribution in [3.63, 3.8) is 0 Å². The van der Waals surface area contributed by atoms with Crippen LogP contribution in [0.4, 0.5) is 4.39 Å². The number of rotatable bonds is 3. The lowest BCUT2D eigenvalue weighted by Gasteiger charge is -2.27. The first-order chi connectivity index (χ1) is 8.90. The lowest BCUT2D eigenvalue weighted by molar-refractivity contribution is 0.0912. The van der Waals surface area contributed by atoms with Crippen LogP contribution in [0.15, 0.2) is 35.0 Å². The zero-order valence-corrected chi connectivity index (χ0v) is 12.1. The predicted octanol–water partition coefficient (Wildman–Crippen LogP) is 4.21. The monoisotopic (exact) mass is 297 g/mol. The molecule has 2 rings (SSSR count). The highest BCUT2D eigenvalue weighted by molar-refractivity contribution is 7.08. The van der Waals surface area contributed by atoms with Crippen molar-refractivity contribution < 1.29 is 9.18 Å². The summed E-state index contributed by atoms with van der Waals surface area (Å²) in [6.45, 7) is 3.66. The van der Waals surface area contributed by atoms with Crippen molar-refractivity contribution in [1.82, 2.24) is 5.32 Å². The van der Waals surface area contributed by atoms with E-state index in [1.54, 1.807) is 17.5 Å². The first kappa shape index (κ1) is 14.0. The molecule has 0 saturated heterocycles. The Bertz CT molecular complexity index is 595. The van der Waals surface area contributed by atoms with Crippen LogP contribution >= 0.6 is 22.9 Å². The maximum absolute atomic E-state index is 13.1. The number of hydrogen-bond acceptors (Lipinski definition) is 2. The number of hydrogen-bond donors (Lipinski definition) is 1. The summed E-state index contributed by atoms with van der Waals surface area (Å²) in [5.74, 6) is -0.569. The maximum atomic E-state index is 13.1. The zero-order valence-electron chi connectivity index (χ0n) is 10.5. The van der Waals surface area contributed by atoms with Crippen LogP contribution in [-0.2, 0) is 5.54 Å². The van der Waals surface area contributed by atoms with Crippen molar-refractivity contribution in [2.24, 2.45) is 0 Å². The van der Waals surface area contributed by atoms with E-state index in [-0.39, 0.29) is 5.91 Å². The van der Waals surface area contributed by atoms with E-state index in [0.29, 0.717) is 16.1 Å². The second-order valence-corrected chi connectivity index (χ2v) is 5.90. The van der Waals surface area contributed by atoms with Crippen molar-refractivity contribution in [1.29, 1.82) is 0 Å². The molecule has 1 amide bonds. The number of carbonyl (C=O) groups is 1. The molecule has 1 aromatic heterocycles. The molecule has 0 aliphatic rings. The van der Waals surface area contributed by atoms with Gasteiger partial charge in [-0.1, -0.05) is 17.7 Å². The molecule has 19 heavy (non-hydrogen) atoms. The summed E-state index contributed by atoms with van der Waals surface area (Å²) in [4.78, 5) is 12.1. The van der Waals surface area contributed by atoms with E-state index < -0.39 is 11.4 Å². The van der Waals surface area contributed by atoms with E-state index >= 15 is 0 Å². The molecule has 0 bridgehead atoms. The normalized spacial score (nSPS) is 11.4. The lowest BCUT2D eigenvalue weighted by atomic mass is 9.93. The summed E-state index contributed by atoms with van der Waals surface area (Å²) in [5, 5.41) is 6.81. The van der Waals surface area contributed by atoms with Crippen molar-refractivity contribution in [2.45, 2.75) is 19.4 Å². The van der Waals surface area contributed by atoms with Gasteiger partial charge in [0, 0.05) is 10.4 Å².